The van der Waals surface area contributed by atoms with Crippen LogP contribution in [0.25, 0.3) is 0 Å². The number of anilines is 1. The molecular weight excluding hydrogens is 294 g/mol. The smallest absolute Gasteiger partial charge is 0.338 e. The molecule has 0 aliphatic rings. The maximum absolute atomic E-state index is 13.5. The number of rotatable bonds is 5. The number of pyridine rings is 1. The van der Waals surface area contributed by atoms with Crippen molar-refractivity contribution in [2.75, 3.05) is 19.5 Å². The summed E-state index contributed by atoms with van der Waals surface area (Å²) < 4.78 is 36.9. The molecule has 0 saturated heterocycles. The SMILES string of the molecule is COC(=O)c1ccc(F)cc1[C@@H](CF)Oc1cccnc1N. The second kappa shape index (κ2) is 6.84. The van der Waals surface area contributed by atoms with Crippen LogP contribution >= 0.6 is 0 Å². The van der Waals surface area contributed by atoms with Crippen LogP contribution in [0, 0.1) is 5.82 Å². The van der Waals surface area contributed by atoms with E-state index >= 15 is 0 Å². The number of carbonyl (C=O) groups excluding carboxylic acids is 1. The van der Waals surface area contributed by atoms with E-state index in [1.807, 2.05) is 0 Å². The van der Waals surface area contributed by atoms with E-state index in [0.717, 1.165) is 12.1 Å². The lowest BCUT2D eigenvalue weighted by Crippen LogP contribution is -2.16. The molecule has 0 fully saturated rings. The van der Waals surface area contributed by atoms with Crippen molar-refractivity contribution in [1.82, 2.24) is 4.98 Å². The number of nitrogens with zero attached hydrogens (tertiary/aromatic N) is 1. The van der Waals surface area contributed by atoms with Crippen LogP contribution in [-0.2, 0) is 4.74 Å². The Bertz CT molecular complexity index is 680. The highest BCUT2D eigenvalue weighted by molar-refractivity contribution is 5.91. The molecule has 116 valence electrons. The van der Waals surface area contributed by atoms with Crippen LogP contribution in [0.15, 0.2) is 36.5 Å². The number of methoxy groups -OCH3 is 1. The molecule has 1 aromatic heterocycles. The number of esters is 1. The minimum atomic E-state index is -1.21. The van der Waals surface area contributed by atoms with Gasteiger partial charge in [-0.25, -0.2) is 18.6 Å². The lowest BCUT2D eigenvalue weighted by atomic mass is 10.0. The summed E-state index contributed by atoms with van der Waals surface area (Å²) in [5.74, 6) is -1.12. The summed E-state index contributed by atoms with van der Waals surface area (Å²) in [6.45, 7) is -0.984. The van der Waals surface area contributed by atoms with E-state index in [9.17, 15) is 13.6 Å². The molecule has 0 saturated carbocycles. The molecule has 2 N–H and O–H groups in total. The largest absolute Gasteiger partial charge is 0.479 e. The van der Waals surface area contributed by atoms with Gasteiger partial charge >= 0.3 is 5.97 Å². The molecule has 0 spiro atoms. The third-order valence-electron chi connectivity index (χ3n) is 2.97. The van der Waals surface area contributed by atoms with Gasteiger partial charge in [-0.3, -0.25) is 0 Å². The zero-order chi connectivity index (χ0) is 16.1. The van der Waals surface area contributed by atoms with Gasteiger partial charge < -0.3 is 15.2 Å². The van der Waals surface area contributed by atoms with Crippen molar-refractivity contribution in [3.8, 4) is 5.75 Å². The number of benzene rings is 1. The van der Waals surface area contributed by atoms with Gasteiger partial charge in [0.05, 0.1) is 12.7 Å². The number of halogens is 2. The molecular formula is C15H14F2N2O3. The van der Waals surface area contributed by atoms with Crippen molar-refractivity contribution < 1.29 is 23.0 Å². The highest BCUT2D eigenvalue weighted by atomic mass is 19.1. The minimum Gasteiger partial charge on any atom is -0.479 e. The number of hydrogen-bond donors (Lipinski definition) is 1. The summed E-state index contributed by atoms with van der Waals surface area (Å²) in [5.41, 5.74) is 5.69. The van der Waals surface area contributed by atoms with Crippen molar-refractivity contribution >= 4 is 11.8 Å². The van der Waals surface area contributed by atoms with Crippen molar-refractivity contribution in [3.05, 3.63) is 53.5 Å². The maximum Gasteiger partial charge on any atom is 0.338 e. The molecule has 0 unspecified atom stereocenters. The summed E-state index contributed by atoms with van der Waals surface area (Å²) in [5, 5.41) is 0. The van der Waals surface area contributed by atoms with Gasteiger partial charge in [-0.15, -0.1) is 0 Å². The average molecular weight is 308 g/mol. The van der Waals surface area contributed by atoms with Crippen LogP contribution in [0.1, 0.15) is 22.0 Å². The monoisotopic (exact) mass is 308 g/mol. The van der Waals surface area contributed by atoms with Crippen molar-refractivity contribution in [2.24, 2.45) is 0 Å². The van der Waals surface area contributed by atoms with Gasteiger partial charge in [0.2, 0.25) is 0 Å². The predicted molar refractivity (Wildman–Crippen MR) is 75.7 cm³/mol. The molecule has 0 amide bonds. The summed E-state index contributed by atoms with van der Waals surface area (Å²) in [6, 6.07) is 6.40. The standard InChI is InChI=1S/C15H14F2N2O3/c1-21-15(20)10-5-4-9(17)7-11(10)13(8-16)22-12-3-2-6-19-14(12)18/h2-7,13H,8H2,1H3,(H2,18,19)/t13-/m1/s1. The Morgan fingerprint density at radius 3 is 2.82 bits per heavy atom. The Kier molecular flexibility index (Phi) is 4.88. The molecule has 5 nitrogen and oxygen atoms in total. The highest BCUT2D eigenvalue weighted by Crippen LogP contribution is 2.28. The lowest BCUT2D eigenvalue weighted by molar-refractivity contribution is 0.0593. The van der Waals surface area contributed by atoms with E-state index in [1.54, 1.807) is 6.07 Å². The number of ether oxygens (including phenoxy) is 2. The van der Waals surface area contributed by atoms with Gasteiger partial charge in [0.1, 0.15) is 12.5 Å². The number of nitrogen functional groups attached to an aromatic ring is 1. The van der Waals surface area contributed by atoms with Crippen LogP contribution in [0.5, 0.6) is 5.75 Å². The molecule has 0 radical (unpaired) electrons. The highest BCUT2D eigenvalue weighted by Gasteiger charge is 2.23. The Labute approximate surface area is 125 Å². The molecule has 2 aromatic rings. The zero-order valence-electron chi connectivity index (χ0n) is 11.8. The van der Waals surface area contributed by atoms with Crippen LogP contribution in [0.3, 0.4) is 0 Å². The Morgan fingerprint density at radius 1 is 1.41 bits per heavy atom. The fourth-order valence-corrected chi connectivity index (χ4v) is 1.93. The lowest BCUT2D eigenvalue weighted by Gasteiger charge is -2.19. The van der Waals surface area contributed by atoms with Crippen molar-refractivity contribution in [1.29, 1.82) is 0 Å². The third kappa shape index (κ3) is 3.30. The first-order valence-corrected chi connectivity index (χ1v) is 6.37. The Balaban J connectivity index is 2.40. The summed E-state index contributed by atoms with van der Waals surface area (Å²) in [4.78, 5) is 15.5. The summed E-state index contributed by atoms with van der Waals surface area (Å²) in [6.07, 6.45) is 0.241. The quantitative estimate of drug-likeness (QED) is 0.860. The van der Waals surface area contributed by atoms with Gasteiger partial charge in [-0.2, -0.15) is 0 Å². The van der Waals surface area contributed by atoms with E-state index in [-0.39, 0.29) is 22.7 Å². The predicted octanol–water partition coefficient (Wildman–Crippen LogP) is 2.68. The molecule has 0 aliphatic heterocycles. The molecule has 2 rings (SSSR count). The van der Waals surface area contributed by atoms with Crippen molar-refractivity contribution in [2.45, 2.75) is 6.10 Å². The molecule has 7 heteroatoms. The van der Waals surface area contributed by atoms with Gasteiger partial charge in [-0.1, -0.05) is 0 Å². The first-order valence-electron chi connectivity index (χ1n) is 6.37. The van der Waals surface area contributed by atoms with Gasteiger partial charge in [-0.05, 0) is 30.3 Å². The number of alkyl halides is 1. The number of aromatic nitrogens is 1. The second-order valence-electron chi connectivity index (χ2n) is 4.37. The third-order valence-corrected chi connectivity index (χ3v) is 2.97. The Hall–Kier alpha value is -2.70. The van der Waals surface area contributed by atoms with Crippen molar-refractivity contribution in [3.63, 3.8) is 0 Å². The summed E-state index contributed by atoms with van der Waals surface area (Å²) in [7, 11) is 1.18. The molecule has 1 heterocycles. The van der Waals surface area contributed by atoms with E-state index in [0.29, 0.717) is 0 Å². The van der Waals surface area contributed by atoms with E-state index in [2.05, 4.69) is 9.72 Å². The number of nitrogens with two attached hydrogens (primary N) is 1. The van der Waals surface area contributed by atoms with E-state index in [4.69, 9.17) is 10.5 Å². The van der Waals surface area contributed by atoms with Crippen LogP contribution in [-0.4, -0.2) is 24.7 Å². The van der Waals surface area contributed by atoms with Gasteiger partial charge in [0, 0.05) is 11.8 Å². The topological polar surface area (TPSA) is 74.4 Å². The van der Waals surface area contributed by atoms with Crippen LogP contribution in [0.4, 0.5) is 14.6 Å². The first-order chi connectivity index (χ1) is 10.6. The van der Waals surface area contributed by atoms with Crippen LogP contribution in [0.2, 0.25) is 0 Å². The molecule has 1 atom stereocenters. The zero-order valence-corrected chi connectivity index (χ0v) is 11.8. The Morgan fingerprint density at radius 2 is 2.18 bits per heavy atom. The average Bonchev–Trinajstić information content (AvgIpc) is 2.53. The van der Waals surface area contributed by atoms with Gasteiger partial charge in [0.15, 0.2) is 17.7 Å². The normalized spacial score (nSPS) is 11.8. The molecule has 1 aromatic carbocycles. The molecule has 0 aliphatic carbocycles. The molecule has 0 bridgehead atoms. The minimum absolute atomic E-state index is 0.0222. The number of hydrogen-bond acceptors (Lipinski definition) is 5. The fraction of sp³-hybridized carbons (Fsp3) is 0.200. The first kappa shape index (κ1) is 15.7. The molecule has 22 heavy (non-hydrogen) atoms. The van der Waals surface area contributed by atoms with E-state index in [1.165, 1.54) is 25.4 Å². The second-order valence-corrected chi connectivity index (χ2v) is 4.37. The number of carbonyl (C=O) groups is 1. The maximum atomic E-state index is 13.5. The van der Waals surface area contributed by atoms with Gasteiger partial charge in [0.25, 0.3) is 0 Å². The summed E-state index contributed by atoms with van der Waals surface area (Å²) >= 11 is 0. The van der Waals surface area contributed by atoms with Crippen LogP contribution < -0.4 is 10.5 Å². The fourth-order valence-electron chi connectivity index (χ4n) is 1.93. The van der Waals surface area contributed by atoms with E-state index < -0.39 is 24.6 Å².